The maximum Gasteiger partial charge on any atom is 0.258 e. The lowest BCUT2D eigenvalue weighted by Gasteiger charge is -2.21. The molecule has 2 rings (SSSR count). The summed E-state index contributed by atoms with van der Waals surface area (Å²) in [5.41, 5.74) is 3.96. The Labute approximate surface area is 143 Å². The molecule has 5 heteroatoms. The third kappa shape index (κ3) is 4.54. The van der Waals surface area contributed by atoms with Crippen LogP contribution >= 0.6 is 0 Å². The molecular formula is C19H25N3O2. The molecule has 1 N–H and O–H groups in total. The van der Waals surface area contributed by atoms with Gasteiger partial charge in [0.25, 0.3) is 5.91 Å². The van der Waals surface area contributed by atoms with Crippen LogP contribution in [0.1, 0.15) is 43.2 Å². The van der Waals surface area contributed by atoms with Gasteiger partial charge in [-0.15, -0.1) is 0 Å². The Bertz CT molecular complexity index is 721. The van der Waals surface area contributed by atoms with E-state index in [-0.39, 0.29) is 17.9 Å². The van der Waals surface area contributed by atoms with Crippen molar-refractivity contribution in [2.75, 3.05) is 6.61 Å². The largest absolute Gasteiger partial charge is 0.483 e. The minimum atomic E-state index is -0.167. The molecule has 24 heavy (non-hydrogen) atoms. The first-order valence-electron chi connectivity index (χ1n) is 8.04. The second-order valence-electron chi connectivity index (χ2n) is 6.91. The minimum Gasteiger partial charge on any atom is -0.483 e. The van der Waals surface area contributed by atoms with Crippen molar-refractivity contribution in [1.82, 2.24) is 15.3 Å². The number of ether oxygens (including phenoxy) is 1. The molecule has 0 atom stereocenters. The van der Waals surface area contributed by atoms with Gasteiger partial charge in [0.2, 0.25) is 0 Å². The van der Waals surface area contributed by atoms with Crippen LogP contribution in [0.15, 0.2) is 30.7 Å². The number of aryl methyl sites for hydroxylation is 1. The molecular weight excluding hydrogens is 302 g/mol. The summed E-state index contributed by atoms with van der Waals surface area (Å²) in [5.74, 6) is 0.572. The van der Waals surface area contributed by atoms with E-state index in [9.17, 15) is 4.79 Å². The molecule has 0 bridgehead atoms. The number of carbonyl (C=O) groups excluding carboxylic acids is 1. The molecule has 0 saturated carbocycles. The van der Waals surface area contributed by atoms with Crippen molar-refractivity contribution >= 4 is 5.91 Å². The highest BCUT2D eigenvalue weighted by molar-refractivity contribution is 5.77. The average molecular weight is 327 g/mol. The van der Waals surface area contributed by atoms with E-state index in [0.29, 0.717) is 6.54 Å². The third-order valence-electron chi connectivity index (χ3n) is 3.89. The molecule has 1 aromatic carbocycles. The maximum absolute atomic E-state index is 12.1. The van der Waals surface area contributed by atoms with Crippen LogP contribution in [0.5, 0.6) is 5.75 Å². The molecule has 128 valence electrons. The summed E-state index contributed by atoms with van der Waals surface area (Å²) < 4.78 is 5.62. The Morgan fingerprint density at radius 3 is 2.71 bits per heavy atom. The zero-order valence-corrected chi connectivity index (χ0v) is 15.0. The van der Waals surface area contributed by atoms with Crippen molar-refractivity contribution in [1.29, 1.82) is 0 Å². The Morgan fingerprint density at radius 1 is 1.25 bits per heavy atom. The number of nitrogens with one attached hydrogen (secondary N) is 1. The van der Waals surface area contributed by atoms with Gasteiger partial charge >= 0.3 is 0 Å². The van der Waals surface area contributed by atoms with Crippen LogP contribution in [0.25, 0.3) is 0 Å². The van der Waals surface area contributed by atoms with Gasteiger partial charge in [0.1, 0.15) is 12.1 Å². The molecule has 1 amide bonds. The average Bonchev–Trinajstić information content (AvgIpc) is 2.53. The summed E-state index contributed by atoms with van der Waals surface area (Å²) in [6, 6.07) is 5.82. The van der Waals surface area contributed by atoms with Gasteiger partial charge in [-0.25, -0.2) is 9.97 Å². The van der Waals surface area contributed by atoms with E-state index in [2.05, 4.69) is 36.1 Å². The predicted octanol–water partition coefficient (Wildman–Crippen LogP) is 3.09. The quantitative estimate of drug-likeness (QED) is 0.916. The fourth-order valence-electron chi connectivity index (χ4n) is 2.43. The zero-order chi connectivity index (χ0) is 17.7. The highest BCUT2D eigenvalue weighted by Crippen LogP contribution is 2.23. The Hall–Kier alpha value is -2.43. The molecule has 5 nitrogen and oxygen atoms in total. The topological polar surface area (TPSA) is 64.1 Å². The molecule has 1 aromatic heterocycles. The zero-order valence-electron chi connectivity index (χ0n) is 15.0. The number of hydrogen-bond donors (Lipinski definition) is 1. The molecule has 1 heterocycles. The van der Waals surface area contributed by atoms with Crippen molar-refractivity contribution < 1.29 is 9.53 Å². The first-order valence-corrected chi connectivity index (χ1v) is 8.04. The normalized spacial score (nSPS) is 11.2. The highest BCUT2D eigenvalue weighted by atomic mass is 16.5. The number of aromatic nitrogens is 2. The highest BCUT2D eigenvalue weighted by Gasteiger charge is 2.19. The number of hydrogen-bond acceptors (Lipinski definition) is 4. The van der Waals surface area contributed by atoms with Crippen molar-refractivity contribution in [2.24, 2.45) is 0 Å². The van der Waals surface area contributed by atoms with Gasteiger partial charge in [0.05, 0.1) is 5.69 Å². The van der Waals surface area contributed by atoms with Crippen molar-refractivity contribution in [3.8, 4) is 5.75 Å². The molecule has 2 aromatic rings. The van der Waals surface area contributed by atoms with E-state index in [1.54, 1.807) is 6.20 Å². The lowest BCUT2D eigenvalue weighted by molar-refractivity contribution is -0.123. The Kier molecular flexibility index (Phi) is 5.54. The molecule has 0 aliphatic rings. The Morgan fingerprint density at radius 2 is 2.00 bits per heavy atom. The van der Waals surface area contributed by atoms with Crippen molar-refractivity contribution in [3.63, 3.8) is 0 Å². The fraction of sp³-hybridized carbons (Fsp3) is 0.421. The SMILES string of the molecule is Cc1cccc(OCC(=O)NCc2cncnc2C(C)(C)C)c1C. The van der Waals surface area contributed by atoms with E-state index >= 15 is 0 Å². The van der Waals surface area contributed by atoms with E-state index in [4.69, 9.17) is 4.74 Å². The second-order valence-corrected chi connectivity index (χ2v) is 6.91. The number of amides is 1. The number of benzene rings is 1. The first-order chi connectivity index (χ1) is 11.3. The summed E-state index contributed by atoms with van der Waals surface area (Å²) in [4.78, 5) is 20.5. The van der Waals surface area contributed by atoms with E-state index < -0.39 is 0 Å². The standard InChI is InChI=1S/C19H25N3O2/c1-13-7-6-8-16(14(13)2)24-11-17(23)21-10-15-9-20-12-22-18(15)19(3,4)5/h6-9,12H,10-11H2,1-5H3,(H,21,23). The van der Waals surface area contributed by atoms with Gasteiger partial charge < -0.3 is 10.1 Å². The molecule has 0 aliphatic heterocycles. The summed E-state index contributed by atoms with van der Waals surface area (Å²) >= 11 is 0. The van der Waals surface area contributed by atoms with E-state index in [1.807, 2.05) is 32.0 Å². The molecule has 0 saturated heterocycles. The van der Waals surface area contributed by atoms with Gasteiger partial charge in [0, 0.05) is 23.7 Å². The van der Waals surface area contributed by atoms with Gasteiger partial charge in [-0.1, -0.05) is 32.9 Å². The van der Waals surface area contributed by atoms with Crippen LogP contribution in [0.2, 0.25) is 0 Å². The summed E-state index contributed by atoms with van der Waals surface area (Å²) in [7, 11) is 0. The lowest BCUT2D eigenvalue weighted by atomic mass is 9.89. The monoisotopic (exact) mass is 327 g/mol. The van der Waals surface area contributed by atoms with Gasteiger partial charge in [0.15, 0.2) is 6.61 Å². The van der Waals surface area contributed by atoms with Gasteiger partial charge in [-0.05, 0) is 31.0 Å². The summed E-state index contributed by atoms with van der Waals surface area (Å²) in [5, 5.41) is 2.87. The van der Waals surface area contributed by atoms with Crippen LogP contribution in [0.4, 0.5) is 0 Å². The van der Waals surface area contributed by atoms with Crippen LogP contribution in [-0.2, 0) is 16.8 Å². The summed E-state index contributed by atoms with van der Waals surface area (Å²) in [6.45, 7) is 10.6. The molecule has 0 radical (unpaired) electrons. The summed E-state index contributed by atoms with van der Waals surface area (Å²) in [6.07, 6.45) is 3.29. The Balaban J connectivity index is 1.94. The third-order valence-corrected chi connectivity index (χ3v) is 3.89. The molecule has 0 aliphatic carbocycles. The fourth-order valence-corrected chi connectivity index (χ4v) is 2.43. The minimum absolute atomic E-state index is 0.0111. The predicted molar refractivity (Wildman–Crippen MR) is 94.0 cm³/mol. The van der Waals surface area contributed by atoms with Crippen LogP contribution in [0.3, 0.4) is 0 Å². The van der Waals surface area contributed by atoms with E-state index in [1.165, 1.54) is 6.33 Å². The number of nitrogens with zero attached hydrogens (tertiary/aromatic N) is 2. The van der Waals surface area contributed by atoms with Gasteiger partial charge in [-0.2, -0.15) is 0 Å². The maximum atomic E-state index is 12.1. The first kappa shape index (κ1) is 17.9. The lowest BCUT2D eigenvalue weighted by Crippen LogP contribution is -2.30. The number of rotatable bonds is 5. The van der Waals surface area contributed by atoms with Crippen molar-refractivity contribution in [3.05, 3.63) is 53.1 Å². The second kappa shape index (κ2) is 7.43. The van der Waals surface area contributed by atoms with Crippen molar-refractivity contribution in [2.45, 2.75) is 46.6 Å². The molecule has 0 spiro atoms. The molecule has 0 unspecified atom stereocenters. The van der Waals surface area contributed by atoms with Crippen LogP contribution in [-0.4, -0.2) is 22.5 Å². The van der Waals surface area contributed by atoms with E-state index in [0.717, 1.165) is 28.1 Å². The number of carbonyl (C=O) groups is 1. The smallest absolute Gasteiger partial charge is 0.258 e. The van der Waals surface area contributed by atoms with Crippen LogP contribution < -0.4 is 10.1 Å². The molecule has 0 fully saturated rings. The van der Waals surface area contributed by atoms with Gasteiger partial charge in [-0.3, -0.25) is 4.79 Å². The van der Waals surface area contributed by atoms with Crippen LogP contribution in [0, 0.1) is 13.8 Å².